The van der Waals surface area contributed by atoms with Gasteiger partial charge in [-0.3, -0.25) is 19.1 Å². The summed E-state index contributed by atoms with van der Waals surface area (Å²) < 4.78 is 3.15. The van der Waals surface area contributed by atoms with Crippen LogP contribution in [0.2, 0.25) is 0 Å². The van der Waals surface area contributed by atoms with Gasteiger partial charge in [0.25, 0.3) is 11.8 Å². The van der Waals surface area contributed by atoms with E-state index < -0.39 is 5.91 Å². The molecule has 0 saturated heterocycles. The van der Waals surface area contributed by atoms with Crippen molar-refractivity contribution >= 4 is 39.6 Å². The first-order valence-corrected chi connectivity index (χ1v) is 12.6. The predicted octanol–water partition coefficient (Wildman–Crippen LogP) is 5.75. The molecule has 6 nitrogen and oxygen atoms in total. The van der Waals surface area contributed by atoms with Gasteiger partial charge in [0.1, 0.15) is 11.6 Å². The highest BCUT2D eigenvalue weighted by molar-refractivity contribution is 7.18. The smallest absolute Gasteiger partial charge is 0.271 e. The van der Waals surface area contributed by atoms with Gasteiger partial charge in [0.05, 0.1) is 9.71 Å². The maximum Gasteiger partial charge on any atom is 0.271 e. The minimum absolute atomic E-state index is 0.0186. The van der Waals surface area contributed by atoms with Crippen molar-refractivity contribution in [3.05, 3.63) is 63.8 Å². The molecule has 0 atom stereocenters. The van der Waals surface area contributed by atoms with E-state index in [-0.39, 0.29) is 18.0 Å². The van der Waals surface area contributed by atoms with Crippen molar-refractivity contribution in [1.82, 2.24) is 14.5 Å². The van der Waals surface area contributed by atoms with Gasteiger partial charge in [-0.25, -0.2) is 4.98 Å². The van der Waals surface area contributed by atoms with Crippen LogP contribution in [0, 0.1) is 11.3 Å². The largest absolute Gasteiger partial charge is 0.294 e. The number of rotatable bonds is 4. The molecule has 0 N–H and O–H groups in total. The molecule has 2 aliphatic rings. The number of nitrogens with zero attached hydrogens (tertiary/aromatic N) is 4. The molecule has 0 unspecified atom stereocenters. The number of hydrogen-bond donors (Lipinski definition) is 0. The number of nitriles is 1. The average Bonchev–Trinajstić information content (AvgIpc) is 3.41. The van der Waals surface area contributed by atoms with E-state index in [1.165, 1.54) is 37.1 Å². The first kappa shape index (κ1) is 22.3. The van der Waals surface area contributed by atoms with E-state index in [4.69, 9.17) is 4.98 Å². The number of fused-ring (bicyclic) bond motifs is 1. The van der Waals surface area contributed by atoms with Crippen molar-refractivity contribution in [2.24, 2.45) is 0 Å². The van der Waals surface area contributed by atoms with Crippen LogP contribution in [0.3, 0.4) is 0 Å². The zero-order valence-corrected chi connectivity index (χ0v) is 20.2. The van der Waals surface area contributed by atoms with Gasteiger partial charge >= 0.3 is 0 Å². The number of benzene rings is 1. The number of carbonyl (C=O) groups is 2. The van der Waals surface area contributed by atoms with E-state index >= 15 is 0 Å². The molecule has 1 aliphatic heterocycles. The second kappa shape index (κ2) is 9.03. The van der Waals surface area contributed by atoms with Crippen LogP contribution in [-0.2, 0) is 9.59 Å². The standard InChI is InChI=1S/C27H26N4O2S/c1-3-30-26(32)21(17(2)22(16-28)27(30)33)14-20-15-23-24(31(20)19-12-8-5-9-13-19)29-25(34-23)18-10-6-4-7-11-18/h5,8-9,12-15,18H,3-4,6-7,10-11H2,1-2H3/b21-14-. The predicted molar refractivity (Wildman–Crippen MR) is 133 cm³/mol. The van der Waals surface area contributed by atoms with Crippen LogP contribution in [0.25, 0.3) is 22.1 Å². The zero-order valence-electron chi connectivity index (χ0n) is 19.4. The molecule has 1 saturated carbocycles. The highest BCUT2D eigenvalue weighted by Gasteiger charge is 2.34. The summed E-state index contributed by atoms with van der Waals surface area (Å²) in [5, 5.41) is 10.8. The molecule has 2 aromatic heterocycles. The molecule has 5 rings (SSSR count). The van der Waals surface area contributed by atoms with Crippen molar-refractivity contribution in [3.8, 4) is 11.8 Å². The fourth-order valence-corrected chi connectivity index (χ4v) is 6.13. The first-order valence-electron chi connectivity index (χ1n) is 11.8. The molecule has 2 amide bonds. The van der Waals surface area contributed by atoms with Gasteiger partial charge in [-0.05, 0) is 56.5 Å². The Balaban J connectivity index is 1.69. The molecule has 1 aromatic carbocycles. The summed E-state index contributed by atoms with van der Waals surface area (Å²) >= 11 is 1.73. The summed E-state index contributed by atoms with van der Waals surface area (Å²) in [6.07, 6.45) is 7.99. The summed E-state index contributed by atoms with van der Waals surface area (Å²) in [5.41, 5.74) is 3.46. The summed E-state index contributed by atoms with van der Waals surface area (Å²) in [7, 11) is 0. The number of para-hydroxylation sites is 1. The molecule has 1 aliphatic carbocycles. The van der Waals surface area contributed by atoms with Crippen molar-refractivity contribution in [2.75, 3.05) is 6.54 Å². The Kier molecular flexibility index (Phi) is 5.93. The molecule has 0 bridgehead atoms. The van der Waals surface area contributed by atoms with E-state index in [0.717, 1.165) is 26.6 Å². The number of thiazole rings is 1. The fraction of sp³-hybridized carbons (Fsp3) is 0.333. The minimum Gasteiger partial charge on any atom is -0.294 e. The van der Waals surface area contributed by atoms with Gasteiger partial charge in [-0.1, -0.05) is 37.5 Å². The van der Waals surface area contributed by atoms with Crippen LogP contribution in [0.15, 0.2) is 53.1 Å². The molecule has 34 heavy (non-hydrogen) atoms. The fourth-order valence-electron chi connectivity index (χ4n) is 4.96. The second-order valence-corrected chi connectivity index (χ2v) is 9.90. The van der Waals surface area contributed by atoms with Crippen molar-refractivity contribution in [2.45, 2.75) is 51.9 Å². The van der Waals surface area contributed by atoms with Gasteiger partial charge < -0.3 is 0 Å². The molecule has 0 radical (unpaired) electrons. The lowest BCUT2D eigenvalue weighted by Crippen LogP contribution is -2.42. The first-order chi connectivity index (χ1) is 16.5. The third-order valence-corrected chi connectivity index (χ3v) is 7.96. The van der Waals surface area contributed by atoms with Crippen LogP contribution < -0.4 is 0 Å². The summed E-state index contributed by atoms with van der Waals surface area (Å²) in [5.74, 6) is -0.378. The van der Waals surface area contributed by atoms with Gasteiger partial charge in [0.2, 0.25) is 0 Å². The number of aromatic nitrogens is 2. The average molecular weight is 471 g/mol. The van der Waals surface area contributed by atoms with Crippen molar-refractivity contribution in [1.29, 1.82) is 5.26 Å². The van der Waals surface area contributed by atoms with Crippen LogP contribution in [0.5, 0.6) is 0 Å². The normalized spacial score (nSPS) is 18.9. The van der Waals surface area contributed by atoms with E-state index in [2.05, 4.69) is 10.6 Å². The Hall–Kier alpha value is -3.50. The van der Waals surface area contributed by atoms with Crippen LogP contribution in [0.4, 0.5) is 0 Å². The Morgan fingerprint density at radius 1 is 1.15 bits per heavy atom. The Bertz CT molecular complexity index is 1380. The van der Waals surface area contributed by atoms with Gasteiger partial charge in [0, 0.05) is 29.4 Å². The lowest BCUT2D eigenvalue weighted by molar-refractivity contribution is -0.140. The number of amides is 2. The summed E-state index contributed by atoms with van der Waals surface area (Å²) in [6.45, 7) is 3.63. The molecule has 3 heterocycles. The molecule has 3 aromatic rings. The molecule has 172 valence electrons. The lowest BCUT2D eigenvalue weighted by Gasteiger charge is -2.26. The van der Waals surface area contributed by atoms with Gasteiger partial charge in [-0.2, -0.15) is 5.26 Å². The molecular weight excluding hydrogens is 444 g/mol. The zero-order chi connectivity index (χ0) is 23.8. The molecule has 7 heteroatoms. The highest BCUT2D eigenvalue weighted by atomic mass is 32.1. The van der Waals surface area contributed by atoms with Crippen LogP contribution >= 0.6 is 11.3 Å². The van der Waals surface area contributed by atoms with Crippen molar-refractivity contribution in [3.63, 3.8) is 0 Å². The molecule has 0 spiro atoms. The van der Waals surface area contributed by atoms with Crippen LogP contribution in [0.1, 0.15) is 62.6 Å². The van der Waals surface area contributed by atoms with E-state index in [1.54, 1.807) is 31.3 Å². The molecule has 1 fully saturated rings. The maximum absolute atomic E-state index is 13.2. The number of carbonyl (C=O) groups excluding carboxylic acids is 2. The lowest BCUT2D eigenvalue weighted by atomic mass is 9.90. The minimum atomic E-state index is -0.525. The second-order valence-electron chi connectivity index (χ2n) is 8.84. The summed E-state index contributed by atoms with van der Waals surface area (Å²) in [6, 6.07) is 14.0. The SMILES string of the molecule is CCN1C(=O)C(C#N)=C(C)/C(=C/c2cc3sc(C4CCCCC4)nc3n2-c2ccccc2)C1=O. The number of hydrogen-bond acceptors (Lipinski definition) is 5. The Morgan fingerprint density at radius 3 is 2.56 bits per heavy atom. The van der Waals surface area contributed by atoms with Crippen LogP contribution in [-0.4, -0.2) is 32.8 Å². The van der Waals surface area contributed by atoms with E-state index in [0.29, 0.717) is 17.1 Å². The topological polar surface area (TPSA) is 79.0 Å². The Labute approximate surface area is 202 Å². The highest BCUT2D eigenvalue weighted by Crippen LogP contribution is 2.39. The number of likely N-dealkylation sites (N-methyl/N-ethyl adjacent to an activating group) is 1. The third-order valence-electron chi connectivity index (χ3n) is 6.80. The summed E-state index contributed by atoms with van der Waals surface area (Å²) in [4.78, 5) is 32.0. The Morgan fingerprint density at radius 2 is 1.88 bits per heavy atom. The van der Waals surface area contributed by atoms with Crippen molar-refractivity contribution < 1.29 is 9.59 Å². The van der Waals surface area contributed by atoms with Gasteiger partial charge in [0.15, 0.2) is 5.65 Å². The monoisotopic (exact) mass is 470 g/mol. The van der Waals surface area contributed by atoms with Gasteiger partial charge in [-0.15, -0.1) is 11.3 Å². The molecular formula is C27H26N4O2S. The number of imide groups is 1. The third kappa shape index (κ3) is 3.68. The van der Waals surface area contributed by atoms with E-state index in [1.807, 2.05) is 36.4 Å². The quantitative estimate of drug-likeness (QED) is 0.359. The van der Waals surface area contributed by atoms with E-state index in [9.17, 15) is 14.9 Å². The maximum atomic E-state index is 13.2.